The van der Waals surface area contributed by atoms with E-state index in [1.807, 2.05) is 0 Å². The van der Waals surface area contributed by atoms with Crippen molar-refractivity contribution in [1.82, 2.24) is 0 Å². The topological polar surface area (TPSA) is 21.6 Å². The lowest BCUT2D eigenvalue weighted by atomic mass is 10.0. The predicted molar refractivity (Wildman–Crippen MR) is 67.7 cm³/mol. The molecule has 0 spiro atoms. The van der Waals surface area contributed by atoms with Crippen molar-refractivity contribution >= 4 is 11.5 Å². The van der Waals surface area contributed by atoms with E-state index in [0.717, 1.165) is 30.9 Å². The zero-order valence-electron chi connectivity index (χ0n) is 9.86. The van der Waals surface area contributed by atoms with E-state index >= 15 is 0 Å². The number of rotatable bonds is 2. The fourth-order valence-corrected chi connectivity index (χ4v) is 1.88. The molecule has 84 valence electrons. The Bertz CT molecular complexity index is 415. The normalized spacial score (nSPS) is 15.4. The van der Waals surface area contributed by atoms with Gasteiger partial charge in [0.05, 0.1) is 7.11 Å². The number of ether oxygens (including phenoxy) is 1. The molecule has 0 bridgehead atoms. The third-order valence-corrected chi connectivity index (χ3v) is 2.83. The molecule has 0 atom stereocenters. The first-order chi connectivity index (χ1) is 7.85. The van der Waals surface area contributed by atoms with E-state index < -0.39 is 0 Å². The molecule has 0 aliphatic carbocycles. The van der Waals surface area contributed by atoms with Gasteiger partial charge in [0.25, 0.3) is 0 Å². The summed E-state index contributed by atoms with van der Waals surface area (Å²) in [5.41, 5.74) is 3.67. The van der Waals surface area contributed by atoms with Gasteiger partial charge in [-0.25, -0.2) is 0 Å². The maximum absolute atomic E-state index is 5.30. The van der Waals surface area contributed by atoms with Crippen LogP contribution in [0.15, 0.2) is 35.3 Å². The second-order valence-electron chi connectivity index (χ2n) is 3.85. The van der Waals surface area contributed by atoms with Gasteiger partial charge in [0.15, 0.2) is 0 Å². The van der Waals surface area contributed by atoms with Gasteiger partial charge >= 0.3 is 0 Å². The van der Waals surface area contributed by atoms with Gasteiger partial charge in [-0.15, -0.1) is 0 Å². The van der Waals surface area contributed by atoms with Gasteiger partial charge in [0.1, 0.15) is 0 Å². The molecule has 0 saturated carbocycles. The van der Waals surface area contributed by atoms with Crippen LogP contribution < -0.4 is 0 Å². The minimum Gasteiger partial charge on any atom is -0.481 e. The largest absolute Gasteiger partial charge is 0.481 e. The van der Waals surface area contributed by atoms with Gasteiger partial charge in [-0.05, 0) is 24.0 Å². The monoisotopic (exact) mass is 215 g/mol. The second-order valence-corrected chi connectivity index (χ2v) is 3.85. The van der Waals surface area contributed by atoms with Crippen molar-refractivity contribution in [2.45, 2.75) is 19.8 Å². The smallest absolute Gasteiger partial charge is 0.216 e. The molecule has 16 heavy (non-hydrogen) atoms. The third-order valence-electron chi connectivity index (χ3n) is 2.83. The van der Waals surface area contributed by atoms with Gasteiger partial charge in [0, 0.05) is 12.1 Å². The van der Waals surface area contributed by atoms with Crippen LogP contribution in [0.2, 0.25) is 0 Å². The number of benzene rings is 1. The number of dihydropyridines is 1. The average Bonchev–Trinajstić information content (AvgIpc) is 2.39. The van der Waals surface area contributed by atoms with Crippen molar-refractivity contribution in [3.8, 4) is 0 Å². The van der Waals surface area contributed by atoms with E-state index in [1.54, 1.807) is 7.11 Å². The maximum Gasteiger partial charge on any atom is 0.216 e. The Labute approximate surface area is 96.7 Å². The molecule has 1 aromatic carbocycles. The van der Waals surface area contributed by atoms with Crippen LogP contribution in [0.3, 0.4) is 0 Å². The molecule has 2 nitrogen and oxygen atoms in total. The maximum atomic E-state index is 5.30. The molecule has 0 saturated heterocycles. The summed E-state index contributed by atoms with van der Waals surface area (Å²) in [7, 11) is 1.68. The summed E-state index contributed by atoms with van der Waals surface area (Å²) in [6.07, 6.45) is 4.27. The van der Waals surface area contributed by atoms with Gasteiger partial charge in [-0.2, -0.15) is 0 Å². The molecule has 0 fully saturated rings. The third kappa shape index (κ3) is 2.16. The highest BCUT2D eigenvalue weighted by molar-refractivity contribution is 6.20. The molecule has 2 heteroatoms. The summed E-state index contributed by atoms with van der Waals surface area (Å²) in [5, 5.41) is 0. The number of aliphatic imine (C=N–C) groups is 1. The number of methoxy groups -OCH3 is 1. The number of hydrogen-bond donors (Lipinski definition) is 0. The Morgan fingerprint density at radius 1 is 1.25 bits per heavy atom. The molecule has 0 amide bonds. The van der Waals surface area contributed by atoms with Crippen molar-refractivity contribution in [3.05, 3.63) is 41.5 Å². The van der Waals surface area contributed by atoms with Crippen molar-refractivity contribution in [2.24, 2.45) is 4.99 Å². The minimum atomic E-state index is 0.760. The molecule has 1 heterocycles. The molecule has 2 rings (SSSR count). The first kappa shape index (κ1) is 10.9. The average molecular weight is 215 g/mol. The molecule has 1 aromatic rings. The van der Waals surface area contributed by atoms with E-state index in [9.17, 15) is 0 Å². The van der Waals surface area contributed by atoms with E-state index in [1.165, 1.54) is 11.1 Å². The lowest BCUT2D eigenvalue weighted by Crippen LogP contribution is -2.09. The van der Waals surface area contributed by atoms with Crippen LogP contribution in [0.4, 0.5) is 0 Å². The van der Waals surface area contributed by atoms with Crippen LogP contribution in [-0.2, 0) is 11.2 Å². The predicted octanol–water partition coefficient (Wildman–Crippen LogP) is 3.08. The SMILES string of the molecule is CCc1ccc(C2=CCCN=C2OC)cc1. The number of nitrogens with zero attached hydrogens (tertiary/aromatic N) is 1. The van der Waals surface area contributed by atoms with Gasteiger partial charge in [-0.1, -0.05) is 37.3 Å². The number of aryl methyl sites for hydroxylation is 1. The molecular formula is C14H17NO. The van der Waals surface area contributed by atoms with E-state index in [4.69, 9.17) is 4.74 Å². The summed E-state index contributed by atoms with van der Waals surface area (Å²) in [6, 6.07) is 8.62. The number of hydrogen-bond acceptors (Lipinski definition) is 2. The van der Waals surface area contributed by atoms with Crippen LogP contribution in [0, 0.1) is 0 Å². The quantitative estimate of drug-likeness (QED) is 0.743. The summed E-state index contributed by atoms with van der Waals surface area (Å²) >= 11 is 0. The van der Waals surface area contributed by atoms with E-state index in [-0.39, 0.29) is 0 Å². The van der Waals surface area contributed by atoms with Crippen LogP contribution >= 0.6 is 0 Å². The zero-order valence-corrected chi connectivity index (χ0v) is 9.86. The Kier molecular flexibility index (Phi) is 3.40. The molecule has 0 unspecified atom stereocenters. The van der Waals surface area contributed by atoms with Crippen molar-refractivity contribution in [2.75, 3.05) is 13.7 Å². The highest BCUT2D eigenvalue weighted by Gasteiger charge is 2.12. The molecule has 0 radical (unpaired) electrons. The van der Waals surface area contributed by atoms with Gasteiger partial charge < -0.3 is 4.74 Å². The second kappa shape index (κ2) is 4.97. The fraction of sp³-hybridized carbons (Fsp3) is 0.357. The molecule has 1 aliphatic heterocycles. The fourth-order valence-electron chi connectivity index (χ4n) is 1.88. The van der Waals surface area contributed by atoms with Crippen molar-refractivity contribution in [3.63, 3.8) is 0 Å². The Morgan fingerprint density at radius 3 is 2.62 bits per heavy atom. The molecule has 1 aliphatic rings. The van der Waals surface area contributed by atoms with Gasteiger partial charge in [0.2, 0.25) is 5.90 Å². The Balaban J connectivity index is 2.29. The Hall–Kier alpha value is -1.57. The van der Waals surface area contributed by atoms with Crippen LogP contribution in [0.5, 0.6) is 0 Å². The lowest BCUT2D eigenvalue weighted by Gasteiger charge is -2.14. The summed E-state index contributed by atoms with van der Waals surface area (Å²) in [5.74, 6) is 0.760. The standard InChI is InChI=1S/C14H17NO/c1-3-11-6-8-12(9-7-11)13-5-4-10-15-14(13)16-2/h5-9H,3-4,10H2,1-2H3. The van der Waals surface area contributed by atoms with Gasteiger partial charge in [-0.3, -0.25) is 4.99 Å². The van der Waals surface area contributed by atoms with Crippen LogP contribution in [-0.4, -0.2) is 19.6 Å². The first-order valence-corrected chi connectivity index (χ1v) is 5.73. The van der Waals surface area contributed by atoms with Crippen molar-refractivity contribution < 1.29 is 4.74 Å². The highest BCUT2D eigenvalue weighted by atomic mass is 16.5. The summed E-state index contributed by atoms with van der Waals surface area (Å²) in [6.45, 7) is 3.00. The van der Waals surface area contributed by atoms with Crippen LogP contribution in [0.1, 0.15) is 24.5 Å². The highest BCUT2D eigenvalue weighted by Crippen LogP contribution is 2.21. The van der Waals surface area contributed by atoms with E-state index in [2.05, 4.69) is 42.3 Å². The zero-order chi connectivity index (χ0) is 11.4. The van der Waals surface area contributed by atoms with Crippen LogP contribution in [0.25, 0.3) is 5.57 Å². The lowest BCUT2D eigenvalue weighted by molar-refractivity contribution is 0.405. The summed E-state index contributed by atoms with van der Waals surface area (Å²) in [4.78, 5) is 4.37. The van der Waals surface area contributed by atoms with E-state index in [0.29, 0.717) is 0 Å². The first-order valence-electron chi connectivity index (χ1n) is 5.73. The molecule has 0 N–H and O–H groups in total. The summed E-state index contributed by atoms with van der Waals surface area (Å²) < 4.78 is 5.30. The Morgan fingerprint density at radius 2 is 2.00 bits per heavy atom. The minimum absolute atomic E-state index is 0.760. The molecule has 0 aromatic heterocycles. The molecular weight excluding hydrogens is 198 g/mol. The van der Waals surface area contributed by atoms with Crippen molar-refractivity contribution in [1.29, 1.82) is 0 Å².